The Hall–Kier alpha value is -0.400. The zero-order chi connectivity index (χ0) is 13.1. The highest BCUT2D eigenvalue weighted by atomic mass is 79.9. The van der Waals surface area contributed by atoms with Gasteiger partial charge in [-0.15, -0.1) is 0 Å². The van der Waals surface area contributed by atoms with Crippen LogP contribution in [0.3, 0.4) is 0 Å². The van der Waals surface area contributed by atoms with Gasteiger partial charge in [-0.25, -0.2) is 8.42 Å². The van der Waals surface area contributed by atoms with E-state index >= 15 is 0 Å². The number of amides is 1. The summed E-state index contributed by atoms with van der Waals surface area (Å²) in [5, 5.41) is 2.45. The molecule has 1 rings (SSSR count). The molecule has 1 aromatic carbocycles. The predicted octanol–water partition coefficient (Wildman–Crippen LogP) is 2.04. The van der Waals surface area contributed by atoms with Gasteiger partial charge in [-0.1, -0.05) is 18.2 Å². The van der Waals surface area contributed by atoms with Crippen LogP contribution in [0.15, 0.2) is 35.2 Å². The first-order valence-corrected chi connectivity index (χ1v) is 7.86. The number of alkyl halides is 2. The van der Waals surface area contributed by atoms with Crippen LogP contribution in [0.1, 0.15) is 6.92 Å². The molecule has 0 heterocycles. The van der Waals surface area contributed by atoms with Crippen LogP contribution in [0.25, 0.3) is 0 Å². The normalized spacial score (nSPS) is 12.2. The first kappa shape index (κ1) is 14.7. The molecule has 0 aliphatic rings. The van der Waals surface area contributed by atoms with E-state index in [-0.39, 0.29) is 4.90 Å². The van der Waals surface area contributed by atoms with Gasteiger partial charge in [-0.05, 0) is 50.9 Å². The van der Waals surface area contributed by atoms with Gasteiger partial charge in [0.25, 0.3) is 8.47 Å². The van der Waals surface area contributed by atoms with Gasteiger partial charge >= 0.3 is 0 Å². The van der Waals surface area contributed by atoms with E-state index in [0.717, 1.165) is 0 Å². The minimum Gasteiger partial charge on any atom is -0.353 e. The van der Waals surface area contributed by atoms with Crippen LogP contribution in [-0.4, -0.2) is 23.4 Å². The summed E-state index contributed by atoms with van der Waals surface area (Å²) in [5.41, 5.74) is 0. The van der Waals surface area contributed by atoms with Crippen molar-refractivity contribution in [3.05, 3.63) is 30.3 Å². The fourth-order valence-electron chi connectivity index (χ4n) is 1.13. The van der Waals surface area contributed by atoms with Crippen molar-refractivity contribution in [3.63, 3.8) is 0 Å². The van der Waals surface area contributed by atoms with Crippen molar-refractivity contribution in [2.24, 2.45) is 0 Å². The Kier molecular flexibility index (Phi) is 4.74. The van der Waals surface area contributed by atoms with Crippen LogP contribution in [0.2, 0.25) is 0 Å². The van der Waals surface area contributed by atoms with Gasteiger partial charge < -0.3 is 5.32 Å². The first-order valence-electron chi connectivity index (χ1n) is 4.80. The van der Waals surface area contributed by atoms with Crippen LogP contribution < -0.4 is 5.32 Å². The number of carbonyl (C=O) groups excluding carboxylic acids is 1. The van der Waals surface area contributed by atoms with E-state index in [1.165, 1.54) is 12.1 Å². The van der Waals surface area contributed by atoms with E-state index in [2.05, 4.69) is 37.2 Å². The number of sulfone groups is 1. The SMILES string of the molecule is CCNC(=O)C(Br)(Br)S(=O)(=O)c1ccccc1. The lowest BCUT2D eigenvalue weighted by Crippen LogP contribution is -2.43. The molecule has 7 heteroatoms. The number of benzene rings is 1. The molecule has 1 aromatic rings. The van der Waals surface area contributed by atoms with E-state index < -0.39 is 18.3 Å². The number of hydrogen-bond acceptors (Lipinski definition) is 3. The van der Waals surface area contributed by atoms with Crippen LogP contribution >= 0.6 is 31.9 Å². The molecule has 0 spiro atoms. The van der Waals surface area contributed by atoms with Gasteiger partial charge in [0.2, 0.25) is 9.84 Å². The lowest BCUT2D eigenvalue weighted by atomic mass is 10.4. The number of nitrogens with one attached hydrogen (secondary N) is 1. The lowest BCUT2D eigenvalue weighted by molar-refractivity contribution is -0.119. The minimum absolute atomic E-state index is 0.0694. The number of rotatable bonds is 4. The monoisotopic (exact) mass is 383 g/mol. The largest absolute Gasteiger partial charge is 0.353 e. The smallest absolute Gasteiger partial charge is 0.263 e. The van der Waals surface area contributed by atoms with Crippen molar-refractivity contribution < 1.29 is 13.2 Å². The third-order valence-corrected chi connectivity index (χ3v) is 7.02. The number of hydrogen-bond donors (Lipinski definition) is 1. The van der Waals surface area contributed by atoms with Gasteiger partial charge in [-0.2, -0.15) is 0 Å². The summed E-state index contributed by atoms with van der Waals surface area (Å²) in [6.07, 6.45) is 0. The maximum atomic E-state index is 12.2. The third kappa shape index (κ3) is 2.89. The lowest BCUT2D eigenvalue weighted by Gasteiger charge is -2.19. The van der Waals surface area contributed by atoms with Crippen LogP contribution in [-0.2, 0) is 14.6 Å². The second-order valence-corrected chi connectivity index (χ2v) is 9.78. The number of halogens is 2. The van der Waals surface area contributed by atoms with Crippen LogP contribution in [0.5, 0.6) is 0 Å². The molecule has 0 bridgehead atoms. The summed E-state index contributed by atoms with van der Waals surface area (Å²) >= 11 is 5.85. The molecule has 0 saturated carbocycles. The molecule has 4 nitrogen and oxygen atoms in total. The molecule has 94 valence electrons. The van der Waals surface area contributed by atoms with Crippen molar-refractivity contribution in [1.82, 2.24) is 5.32 Å². The molecule has 0 saturated heterocycles. The van der Waals surface area contributed by atoms with Crippen LogP contribution in [0.4, 0.5) is 0 Å². The molecular weight excluding hydrogens is 374 g/mol. The van der Waals surface area contributed by atoms with E-state index in [0.29, 0.717) is 6.54 Å². The Balaban J connectivity index is 3.19. The summed E-state index contributed by atoms with van der Waals surface area (Å²) in [6.45, 7) is 2.06. The van der Waals surface area contributed by atoms with E-state index in [1.54, 1.807) is 25.1 Å². The Labute approximate surface area is 117 Å². The molecule has 0 atom stereocenters. The van der Waals surface area contributed by atoms with Crippen molar-refractivity contribution in [2.75, 3.05) is 6.54 Å². The van der Waals surface area contributed by atoms with Gasteiger partial charge in [0.1, 0.15) is 0 Å². The second-order valence-electron chi connectivity index (χ2n) is 3.19. The molecule has 0 fully saturated rings. The Morgan fingerprint density at radius 3 is 2.29 bits per heavy atom. The Morgan fingerprint density at radius 1 is 1.29 bits per heavy atom. The highest BCUT2D eigenvalue weighted by molar-refractivity contribution is 9.28. The molecule has 0 aliphatic carbocycles. The van der Waals surface area contributed by atoms with Crippen molar-refractivity contribution in [3.8, 4) is 0 Å². The topological polar surface area (TPSA) is 63.2 Å². The third-order valence-electron chi connectivity index (χ3n) is 1.99. The molecule has 0 radical (unpaired) electrons. The maximum Gasteiger partial charge on any atom is 0.263 e. The predicted molar refractivity (Wildman–Crippen MR) is 72.9 cm³/mol. The standard InChI is InChI=1S/C10H11Br2NO3S/c1-2-13-9(14)10(11,12)17(15,16)8-6-4-3-5-7-8/h3-7H,2H2,1H3,(H,13,14). The average Bonchev–Trinajstić information content (AvgIpc) is 2.30. The summed E-state index contributed by atoms with van der Waals surface area (Å²) in [5.74, 6) is -0.649. The minimum atomic E-state index is -3.84. The molecular formula is C10H11Br2NO3S. The molecule has 0 aliphatic heterocycles. The highest BCUT2D eigenvalue weighted by Crippen LogP contribution is 2.37. The zero-order valence-electron chi connectivity index (χ0n) is 8.98. The summed E-state index contributed by atoms with van der Waals surface area (Å²) in [4.78, 5) is 11.8. The molecule has 1 amide bonds. The summed E-state index contributed by atoms with van der Waals surface area (Å²) in [6, 6.07) is 7.77. The second kappa shape index (κ2) is 5.49. The quantitative estimate of drug-likeness (QED) is 0.808. The van der Waals surface area contributed by atoms with Crippen molar-refractivity contribution in [2.45, 2.75) is 14.4 Å². The fraction of sp³-hybridized carbons (Fsp3) is 0.300. The van der Waals surface area contributed by atoms with Gasteiger partial charge in [-0.3, -0.25) is 4.79 Å². The average molecular weight is 385 g/mol. The fourth-order valence-corrected chi connectivity index (χ4v) is 3.66. The Morgan fingerprint density at radius 2 is 1.82 bits per heavy atom. The zero-order valence-corrected chi connectivity index (χ0v) is 13.0. The van der Waals surface area contributed by atoms with Crippen LogP contribution in [0, 0.1) is 0 Å². The maximum absolute atomic E-state index is 12.2. The van der Waals surface area contributed by atoms with E-state index in [1.807, 2.05) is 0 Å². The summed E-state index contributed by atoms with van der Waals surface area (Å²) < 4.78 is 22.6. The van der Waals surface area contributed by atoms with E-state index in [9.17, 15) is 13.2 Å². The molecule has 17 heavy (non-hydrogen) atoms. The van der Waals surface area contributed by atoms with Crippen molar-refractivity contribution in [1.29, 1.82) is 0 Å². The van der Waals surface area contributed by atoms with Crippen molar-refractivity contribution >= 4 is 47.6 Å². The van der Waals surface area contributed by atoms with Gasteiger partial charge in [0.15, 0.2) is 0 Å². The molecule has 1 N–H and O–H groups in total. The Bertz CT molecular complexity index is 500. The van der Waals surface area contributed by atoms with Gasteiger partial charge in [0.05, 0.1) is 4.90 Å². The molecule has 0 unspecified atom stereocenters. The first-order chi connectivity index (χ1) is 7.84. The molecule has 0 aromatic heterocycles. The number of carbonyl (C=O) groups is 1. The van der Waals surface area contributed by atoms with Gasteiger partial charge in [0, 0.05) is 6.54 Å². The van der Waals surface area contributed by atoms with E-state index in [4.69, 9.17) is 0 Å². The highest BCUT2D eigenvalue weighted by Gasteiger charge is 2.46. The summed E-state index contributed by atoms with van der Waals surface area (Å²) in [7, 11) is -3.84.